The second kappa shape index (κ2) is 4.49. The molecule has 0 N–H and O–H groups in total. The van der Waals surface area contributed by atoms with Gasteiger partial charge in [0.05, 0.1) is 12.4 Å². The van der Waals surface area contributed by atoms with E-state index in [1.54, 1.807) is 10.9 Å². The van der Waals surface area contributed by atoms with Crippen LogP contribution < -0.4 is 4.74 Å². The van der Waals surface area contributed by atoms with Gasteiger partial charge in [-0.3, -0.25) is 4.68 Å². The molecule has 15 heavy (non-hydrogen) atoms. The van der Waals surface area contributed by atoms with Crippen LogP contribution >= 0.6 is 15.9 Å². The van der Waals surface area contributed by atoms with Crippen LogP contribution in [0, 0.1) is 0 Å². The predicted octanol–water partition coefficient (Wildman–Crippen LogP) is 2.76. The van der Waals surface area contributed by atoms with Crippen molar-refractivity contribution in [2.24, 2.45) is 7.05 Å². The van der Waals surface area contributed by atoms with E-state index in [0.717, 1.165) is 15.8 Å². The molecule has 0 aliphatic rings. The molecular formula is C11H11BrN2O. The molecule has 0 fully saturated rings. The largest absolute Gasteiger partial charge is 0.486 e. The van der Waals surface area contributed by atoms with Crippen molar-refractivity contribution in [3.05, 3.63) is 46.7 Å². The summed E-state index contributed by atoms with van der Waals surface area (Å²) in [4.78, 5) is 0. The zero-order valence-corrected chi connectivity index (χ0v) is 9.94. The first-order valence-corrected chi connectivity index (χ1v) is 5.39. The molecule has 0 bridgehead atoms. The molecule has 0 unspecified atom stereocenters. The molecule has 0 saturated carbocycles. The van der Waals surface area contributed by atoms with E-state index in [1.165, 1.54) is 0 Å². The molecule has 2 aromatic rings. The average molecular weight is 267 g/mol. The first kappa shape index (κ1) is 10.2. The Balaban J connectivity index is 1.99. The standard InChI is InChI=1S/C11H11BrN2O/c1-14-7-11(6-13-14)15-8-9-3-2-4-10(12)5-9/h2-7H,8H2,1H3. The lowest BCUT2D eigenvalue weighted by Gasteiger charge is -2.03. The van der Waals surface area contributed by atoms with Crippen LogP contribution in [0.15, 0.2) is 41.1 Å². The highest BCUT2D eigenvalue weighted by atomic mass is 79.9. The van der Waals surface area contributed by atoms with Crippen LogP contribution in [0.1, 0.15) is 5.56 Å². The third-order valence-electron chi connectivity index (χ3n) is 1.98. The summed E-state index contributed by atoms with van der Waals surface area (Å²) in [5.74, 6) is 0.789. The van der Waals surface area contributed by atoms with Gasteiger partial charge in [0.25, 0.3) is 0 Å². The predicted molar refractivity (Wildman–Crippen MR) is 61.7 cm³/mol. The molecule has 2 rings (SSSR count). The van der Waals surface area contributed by atoms with Gasteiger partial charge >= 0.3 is 0 Å². The lowest BCUT2D eigenvalue weighted by atomic mass is 10.2. The monoisotopic (exact) mass is 266 g/mol. The van der Waals surface area contributed by atoms with E-state index >= 15 is 0 Å². The SMILES string of the molecule is Cn1cc(OCc2cccc(Br)c2)cn1. The Labute approximate surface area is 96.8 Å². The Bertz CT molecular complexity index is 453. The maximum absolute atomic E-state index is 5.56. The van der Waals surface area contributed by atoms with Crippen LogP contribution in [0.4, 0.5) is 0 Å². The number of ether oxygens (including phenoxy) is 1. The van der Waals surface area contributed by atoms with Crippen LogP contribution in [0.2, 0.25) is 0 Å². The Kier molecular flexibility index (Phi) is 3.06. The van der Waals surface area contributed by atoms with Crippen molar-refractivity contribution >= 4 is 15.9 Å². The summed E-state index contributed by atoms with van der Waals surface area (Å²) in [6, 6.07) is 8.05. The lowest BCUT2D eigenvalue weighted by Crippen LogP contribution is -1.94. The zero-order valence-electron chi connectivity index (χ0n) is 8.35. The molecule has 0 atom stereocenters. The van der Waals surface area contributed by atoms with Crippen molar-refractivity contribution < 1.29 is 4.74 Å². The topological polar surface area (TPSA) is 27.1 Å². The van der Waals surface area contributed by atoms with Gasteiger partial charge in [-0.2, -0.15) is 5.10 Å². The minimum atomic E-state index is 0.561. The van der Waals surface area contributed by atoms with E-state index in [2.05, 4.69) is 21.0 Å². The number of aryl methyl sites for hydroxylation is 1. The van der Waals surface area contributed by atoms with Crippen molar-refractivity contribution in [1.29, 1.82) is 0 Å². The minimum Gasteiger partial charge on any atom is -0.486 e. The minimum absolute atomic E-state index is 0.561. The van der Waals surface area contributed by atoms with Crippen molar-refractivity contribution in [1.82, 2.24) is 9.78 Å². The summed E-state index contributed by atoms with van der Waals surface area (Å²) in [6.07, 6.45) is 3.55. The van der Waals surface area contributed by atoms with E-state index in [-0.39, 0.29) is 0 Å². The van der Waals surface area contributed by atoms with Crippen molar-refractivity contribution in [2.75, 3.05) is 0 Å². The molecule has 4 heteroatoms. The number of aromatic nitrogens is 2. The highest BCUT2D eigenvalue weighted by Gasteiger charge is 1.98. The van der Waals surface area contributed by atoms with Crippen LogP contribution in [0.25, 0.3) is 0 Å². The van der Waals surface area contributed by atoms with Gasteiger partial charge in [-0.05, 0) is 17.7 Å². The van der Waals surface area contributed by atoms with Gasteiger partial charge in [0.15, 0.2) is 5.75 Å². The number of nitrogens with zero attached hydrogens (tertiary/aromatic N) is 2. The van der Waals surface area contributed by atoms with Gasteiger partial charge in [0.2, 0.25) is 0 Å². The third-order valence-corrected chi connectivity index (χ3v) is 2.47. The van der Waals surface area contributed by atoms with E-state index in [1.807, 2.05) is 37.5 Å². The number of halogens is 1. The maximum Gasteiger partial charge on any atom is 0.157 e. The van der Waals surface area contributed by atoms with Gasteiger partial charge in [-0.25, -0.2) is 0 Å². The summed E-state index contributed by atoms with van der Waals surface area (Å²) in [5, 5.41) is 4.03. The van der Waals surface area contributed by atoms with Gasteiger partial charge in [0.1, 0.15) is 6.61 Å². The number of rotatable bonds is 3. The second-order valence-electron chi connectivity index (χ2n) is 3.27. The lowest BCUT2D eigenvalue weighted by molar-refractivity contribution is 0.306. The molecular weight excluding hydrogens is 256 g/mol. The fourth-order valence-corrected chi connectivity index (χ4v) is 1.71. The molecule has 3 nitrogen and oxygen atoms in total. The first-order chi connectivity index (χ1) is 7.24. The van der Waals surface area contributed by atoms with Crippen LogP contribution in [0.5, 0.6) is 5.75 Å². The molecule has 0 amide bonds. The summed E-state index contributed by atoms with van der Waals surface area (Å²) >= 11 is 3.42. The molecule has 0 saturated heterocycles. The second-order valence-corrected chi connectivity index (χ2v) is 4.18. The first-order valence-electron chi connectivity index (χ1n) is 4.60. The van der Waals surface area contributed by atoms with E-state index < -0.39 is 0 Å². The smallest absolute Gasteiger partial charge is 0.157 e. The summed E-state index contributed by atoms with van der Waals surface area (Å²) in [5.41, 5.74) is 1.13. The fourth-order valence-electron chi connectivity index (χ4n) is 1.27. The van der Waals surface area contributed by atoms with Crippen LogP contribution in [-0.2, 0) is 13.7 Å². The Morgan fingerprint density at radius 3 is 3.00 bits per heavy atom. The molecule has 78 valence electrons. The summed E-state index contributed by atoms with van der Waals surface area (Å²) < 4.78 is 8.35. The van der Waals surface area contributed by atoms with Gasteiger partial charge in [0, 0.05) is 11.5 Å². The molecule has 0 spiro atoms. The maximum atomic E-state index is 5.56. The Morgan fingerprint density at radius 2 is 2.33 bits per heavy atom. The highest BCUT2D eigenvalue weighted by molar-refractivity contribution is 9.10. The molecule has 1 aromatic carbocycles. The molecule has 0 radical (unpaired) electrons. The zero-order chi connectivity index (χ0) is 10.7. The average Bonchev–Trinajstić information content (AvgIpc) is 2.62. The summed E-state index contributed by atoms with van der Waals surface area (Å²) in [7, 11) is 1.87. The number of hydrogen-bond acceptors (Lipinski definition) is 2. The Hall–Kier alpha value is -1.29. The third kappa shape index (κ3) is 2.83. The molecule has 0 aliphatic carbocycles. The van der Waals surface area contributed by atoms with Crippen molar-refractivity contribution in [3.63, 3.8) is 0 Å². The molecule has 1 heterocycles. The van der Waals surface area contributed by atoms with Crippen LogP contribution in [0.3, 0.4) is 0 Å². The quantitative estimate of drug-likeness (QED) is 0.855. The normalized spacial score (nSPS) is 10.3. The van der Waals surface area contributed by atoms with Gasteiger partial charge in [-0.15, -0.1) is 0 Å². The van der Waals surface area contributed by atoms with E-state index in [0.29, 0.717) is 6.61 Å². The van der Waals surface area contributed by atoms with Crippen LogP contribution in [-0.4, -0.2) is 9.78 Å². The number of benzene rings is 1. The fraction of sp³-hybridized carbons (Fsp3) is 0.182. The van der Waals surface area contributed by atoms with E-state index in [9.17, 15) is 0 Å². The summed E-state index contributed by atoms with van der Waals surface area (Å²) in [6.45, 7) is 0.561. The van der Waals surface area contributed by atoms with E-state index in [4.69, 9.17) is 4.74 Å². The number of hydrogen-bond donors (Lipinski definition) is 0. The van der Waals surface area contributed by atoms with Crippen molar-refractivity contribution in [3.8, 4) is 5.75 Å². The van der Waals surface area contributed by atoms with Crippen molar-refractivity contribution in [2.45, 2.75) is 6.61 Å². The molecule has 0 aliphatic heterocycles. The highest BCUT2D eigenvalue weighted by Crippen LogP contribution is 2.14. The molecule has 1 aromatic heterocycles. The van der Waals surface area contributed by atoms with Gasteiger partial charge < -0.3 is 4.74 Å². The van der Waals surface area contributed by atoms with Gasteiger partial charge in [-0.1, -0.05) is 28.1 Å². The Morgan fingerprint density at radius 1 is 1.47 bits per heavy atom.